The average molecular weight is 376 g/mol. The first-order valence-corrected chi connectivity index (χ1v) is 9.99. The van der Waals surface area contributed by atoms with Crippen molar-refractivity contribution in [1.29, 1.82) is 0 Å². The van der Waals surface area contributed by atoms with E-state index in [1.807, 2.05) is 24.3 Å². The molecule has 1 fully saturated rings. The van der Waals surface area contributed by atoms with E-state index in [4.69, 9.17) is 4.74 Å². The Balaban J connectivity index is 1.40. The number of benzene rings is 2. The average Bonchev–Trinajstić information content (AvgIpc) is 3.41. The topological polar surface area (TPSA) is 61.8 Å². The van der Waals surface area contributed by atoms with Gasteiger partial charge in [0.1, 0.15) is 12.4 Å². The summed E-state index contributed by atoms with van der Waals surface area (Å²) in [5.41, 5.74) is 5.80. The van der Waals surface area contributed by atoms with Crippen molar-refractivity contribution in [3.8, 4) is 0 Å². The molecule has 0 bridgehead atoms. The second-order valence-electron chi connectivity index (χ2n) is 7.75. The molecule has 5 rings (SSSR count). The van der Waals surface area contributed by atoms with Crippen molar-refractivity contribution < 1.29 is 14.6 Å². The molecule has 0 aliphatic carbocycles. The summed E-state index contributed by atoms with van der Waals surface area (Å²) in [5, 5.41) is 12.4. The van der Waals surface area contributed by atoms with Gasteiger partial charge in [-0.3, -0.25) is 9.69 Å². The first kappa shape index (κ1) is 17.5. The van der Waals surface area contributed by atoms with Gasteiger partial charge in [0.2, 0.25) is 0 Å². The standard InChI is InChI=1S/C23H24N2O3/c26-13-17-4-3-10-25(17)11-9-15-7-8-18-16(12-15)14-28-22(18)21-19-5-1-2-6-20(19)24-23(21)27/h1-2,5-8,12,17,26H,3-4,9-11,13-14H2,(H,24,27). The minimum atomic E-state index is -0.0998. The fraction of sp³-hybridized carbons (Fsp3) is 0.348. The zero-order valence-electron chi connectivity index (χ0n) is 15.8. The third kappa shape index (κ3) is 2.91. The van der Waals surface area contributed by atoms with Crippen LogP contribution in [0.1, 0.15) is 35.1 Å². The highest BCUT2D eigenvalue weighted by Gasteiger charge is 2.32. The maximum absolute atomic E-state index is 12.5. The highest BCUT2D eigenvalue weighted by atomic mass is 16.5. The number of fused-ring (bicyclic) bond motifs is 2. The predicted octanol–water partition coefficient (Wildman–Crippen LogP) is 3.04. The number of amides is 1. The lowest BCUT2D eigenvalue weighted by Gasteiger charge is -2.22. The molecule has 0 radical (unpaired) electrons. The van der Waals surface area contributed by atoms with E-state index in [-0.39, 0.29) is 12.5 Å². The van der Waals surface area contributed by atoms with Crippen LogP contribution in [0.15, 0.2) is 42.5 Å². The molecular formula is C23H24N2O3. The van der Waals surface area contributed by atoms with Crippen molar-refractivity contribution in [2.24, 2.45) is 0 Å². The molecule has 1 atom stereocenters. The quantitative estimate of drug-likeness (QED) is 0.806. The van der Waals surface area contributed by atoms with Crippen LogP contribution in [0, 0.1) is 0 Å². The number of rotatable bonds is 4. The summed E-state index contributed by atoms with van der Waals surface area (Å²) in [6.07, 6.45) is 3.22. The van der Waals surface area contributed by atoms with Crippen molar-refractivity contribution in [1.82, 2.24) is 4.90 Å². The van der Waals surface area contributed by atoms with Crippen molar-refractivity contribution in [2.45, 2.75) is 31.9 Å². The molecule has 2 N–H and O–H groups in total. The zero-order chi connectivity index (χ0) is 19.1. The van der Waals surface area contributed by atoms with Gasteiger partial charge in [0.05, 0.1) is 12.2 Å². The maximum atomic E-state index is 12.5. The van der Waals surface area contributed by atoms with Gasteiger partial charge in [0, 0.05) is 35.0 Å². The van der Waals surface area contributed by atoms with Gasteiger partial charge in [-0.15, -0.1) is 0 Å². The number of hydrogen-bond acceptors (Lipinski definition) is 4. The second kappa shape index (κ2) is 7.08. The van der Waals surface area contributed by atoms with Crippen molar-refractivity contribution >= 4 is 22.9 Å². The summed E-state index contributed by atoms with van der Waals surface area (Å²) in [6.45, 7) is 2.79. The van der Waals surface area contributed by atoms with Crippen molar-refractivity contribution in [2.75, 3.05) is 25.0 Å². The zero-order valence-corrected chi connectivity index (χ0v) is 15.8. The largest absolute Gasteiger partial charge is 0.487 e. The van der Waals surface area contributed by atoms with Crippen LogP contribution in [0.25, 0.3) is 11.3 Å². The first-order valence-electron chi connectivity index (χ1n) is 9.99. The Hall–Kier alpha value is -2.63. The maximum Gasteiger partial charge on any atom is 0.260 e. The minimum Gasteiger partial charge on any atom is -0.487 e. The Kier molecular flexibility index (Phi) is 4.41. The molecule has 3 aliphatic rings. The van der Waals surface area contributed by atoms with Crippen LogP contribution in [0.5, 0.6) is 0 Å². The summed E-state index contributed by atoms with van der Waals surface area (Å²) >= 11 is 0. The van der Waals surface area contributed by atoms with Crippen LogP contribution in [0.4, 0.5) is 5.69 Å². The van der Waals surface area contributed by atoms with E-state index in [2.05, 4.69) is 28.4 Å². The summed E-state index contributed by atoms with van der Waals surface area (Å²) in [4.78, 5) is 14.9. The summed E-state index contributed by atoms with van der Waals surface area (Å²) in [5.74, 6) is 0.584. The number of aliphatic hydroxyl groups is 1. The fourth-order valence-corrected chi connectivity index (χ4v) is 4.59. The molecule has 1 amide bonds. The van der Waals surface area contributed by atoms with Gasteiger partial charge in [-0.1, -0.05) is 36.4 Å². The van der Waals surface area contributed by atoms with Gasteiger partial charge in [-0.25, -0.2) is 0 Å². The first-order chi connectivity index (χ1) is 13.7. The summed E-state index contributed by atoms with van der Waals surface area (Å²) in [6, 6.07) is 14.5. The SMILES string of the molecule is O=C1Nc2ccccc2C1=C1OCc2cc(CCN3CCCC3CO)ccc21. The van der Waals surface area contributed by atoms with E-state index < -0.39 is 0 Å². The molecule has 0 spiro atoms. The molecule has 2 aromatic carbocycles. The molecule has 144 valence electrons. The number of nitrogens with one attached hydrogen (secondary N) is 1. The molecule has 1 saturated heterocycles. The Morgan fingerprint density at radius 2 is 2.07 bits per heavy atom. The number of para-hydroxylation sites is 1. The van der Waals surface area contributed by atoms with Crippen LogP contribution >= 0.6 is 0 Å². The van der Waals surface area contributed by atoms with E-state index in [0.29, 0.717) is 24.0 Å². The monoisotopic (exact) mass is 376 g/mol. The van der Waals surface area contributed by atoms with Crippen LogP contribution in [-0.2, 0) is 22.6 Å². The molecular weight excluding hydrogens is 352 g/mol. The lowest BCUT2D eigenvalue weighted by atomic mass is 9.98. The van der Waals surface area contributed by atoms with Gasteiger partial charge in [0.15, 0.2) is 0 Å². The van der Waals surface area contributed by atoms with E-state index in [0.717, 1.165) is 48.3 Å². The normalized spacial score (nSPS) is 23.5. The molecule has 0 aromatic heterocycles. The number of ether oxygens (including phenoxy) is 1. The molecule has 28 heavy (non-hydrogen) atoms. The predicted molar refractivity (Wildman–Crippen MR) is 109 cm³/mol. The number of nitrogens with zero attached hydrogens (tertiary/aromatic N) is 1. The van der Waals surface area contributed by atoms with Crippen molar-refractivity contribution in [3.05, 3.63) is 64.7 Å². The lowest BCUT2D eigenvalue weighted by molar-refractivity contribution is -0.110. The van der Waals surface area contributed by atoms with Crippen LogP contribution in [-0.4, -0.2) is 41.7 Å². The molecule has 3 heterocycles. The fourth-order valence-electron chi connectivity index (χ4n) is 4.59. The lowest BCUT2D eigenvalue weighted by Crippen LogP contribution is -2.33. The van der Waals surface area contributed by atoms with E-state index in [1.54, 1.807) is 0 Å². The van der Waals surface area contributed by atoms with Gasteiger partial charge in [0.25, 0.3) is 5.91 Å². The summed E-state index contributed by atoms with van der Waals surface area (Å²) < 4.78 is 5.98. The summed E-state index contributed by atoms with van der Waals surface area (Å²) in [7, 11) is 0. The minimum absolute atomic E-state index is 0.0998. The van der Waals surface area contributed by atoms with E-state index in [9.17, 15) is 9.90 Å². The van der Waals surface area contributed by atoms with E-state index in [1.165, 1.54) is 12.0 Å². The van der Waals surface area contributed by atoms with Crippen LogP contribution < -0.4 is 5.32 Å². The molecule has 0 saturated carbocycles. The number of carbonyl (C=O) groups is 1. The highest BCUT2D eigenvalue weighted by molar-refractivity contribution is 6.36. The van der Waals surface area contributed by atoms with Crippen LogP contribution in [0.3, 0.4) is 0 Å². The smallest absolute Gasteiger partial charge is 0.260 e. The number of anilines is 1. The molecule has 5 nitrogen and oxygen atoms in total. The second-order valence-corrected chi connectivity index (χ2v) is 7.75. The number of hydrogen-bond donors (Lipinski definition) is 2. The van der Waals surface area contributed by atoms with Gasteiger partial charge in [-0.05, 0) is 37.4 Å². The van der Waals surface area contributed by atoms with Crippen molar-refractivity contribution in [3.63, 3.8) is 0 Å². The molecule has 2 aromatic rings. The molecule has 1 unspecified atom stereocenters. The Morgan fingerprint density at radius 3 is 2.96 bits per heavy atom. The molecule has 3 aliphatic heterocycles. The van der Waals surface area contributed by atoms with Crippen LogP contribution in [0.2, 0.25) is 0 Å². The number of carbonyl (C=O) groups excluding carboxylic acids is 1. The third-order valence-corrected chi connectivity index (χ3v) is 6.08. The van der Waals surface area contributed by atoms with Gasteiger partial charge >= 0.3 is 0 Å². The number of likely N-dealkylation sites (tertiary alicyclic amines) is 1. The van der Waals surface area contributed by atoms with Gasteiger partial charge < -0.3 is 15.2 Å². The Morgan fingerprint density at radius 1 is 1.18 bits per heavy atom. The van der Waals surface area contributed by atoms with E-state index >= 15 is 0 Å². The Labute approximate surface area is 164 Å². The third-order valence-electron chi connectivity index (χ3n) is 6.08. The molecule has 5 heteroatoms. The Bertz CT molecular complexity index is 966. The number of aliphatic hydroxyl groups excluding tert-OH is 1. The van der Waals surface area contributed by atoms with Gasteiger partial charge in [-0.2, -0.15) is 0 Å². The highest BCUT2D eigenvalue weighted by Crippen LogP contribution is 2.41.